The second-order valence-electron chi connectivity index (χ2n) is 3.00. The van der Waals surface area contributed by atoms with Gasteiger partial charge in [-0.25, -0.2) is 0 Å². The molecular formula is C8H8N2O3S. The van der Waals surface area contributed by atoms with E-state index in [1.165, 1.54) is 12.1 Å². The van der Waals surface area contributed by atoms with Crippen molar-refractivity contribution < 1.29 is 13.0 Å². The Kier molecular flexibility index (Phi) is 1.83. The predicted molar refractivity (Wildman–Crippen MR) is 50.6 cm³/mol. The Morgan fingerprint density at radius 2 is 2.14 bits per heavy atom. The van der Waals surface area contributed by atoms with Crippen molar-refractivity contribution in [1.29, 1.82) is 0 Å². The number of nitrogens with zero attached hydrogens (tertiary/aromatic N) is 1. The number of nitrogens with one attached hydrogen (secondary N) is 1. The van der Waals surface area contributed by atoms with Gasteiger partial charge in [-0.15, -0.1) is 0 Å². The van der Waals surface area contributed by atoms with Gasteiger partial charge in [-0.2, -0.15) is 13.5 Å². The first-order chi connectivity index (χ1) is 6.48. The lowest BCUT2D eigenvalue weighted by atomic mass is 10.2. The van der Waals surface area contributed by atoms with Crippen LogP contribution in [-0.2, 0) is 10.1 Å². The van der Waals surface area contributed by atoms with E-state index in [-0.39, 0.29) is 4.90 Å². The number of hydrogen-bond donors (Lipinski definition) is 2. The number of H-pyrrole nitrogens is 1. The van der Waals surface area contributed by atoms with Crippen LogP contribution in [0.5, 0.6) is 0 Å². The van der Waals surface area contributed by atoms with Crippen LogP contribution < -0.4 is 0 Å². The van der Waals surface area contributed by atoms with Gasteiger partial charge in [0.15, 0.2) is 0 Å². The third-order valence-corrected chi connectivity index (χ3v) is 2.86. The van der Waals surface area contributed by atoms with E-state index >= 15 is 0 Å². The van der Waals surface area contributed by atoms with Crippen molar-refractivity contribution in [3.63, 3.8) is 0 Å². The molecule has 2 rings (SSSR count). The lowest BCUT2D eigenvalue weighted by molar-refractivity contribution is 0.483. The first kappa shape index (κ1) is 9.17. The lowest BCUT2D eigenvalue weighted by Gasteiger charge is -1.96. The maximum absolute atomic E-state index is 10.8. The van der Waals surface area contributed by atoms with Crippen molar-refractivity contribution in [2.24, 2.45) is 0 Å². The summed E-state index contributed by atoms with van der Waals surface area (Å²) in [5, 5.41) is 7.36. The Morgan fingerprint density at radius 3 is 2.79 bits per heavy atom. The molecule has 0 unspecified atom stereocenters. The minimum Gasteiger partial charge on any atom is -0.282 e. The smallest absolute Gasteiger partial charge is 0.282 e. The van der Waals surface area contributed by atoms with E-state index in [0.29, 0.717) is 10.9 Å². The molecule has 2 aromatic rings. The molecule has 6 heteroatoms. The number of hydrogen-bond acceptors (Lipinski definition) is 3. The van der Waals surface area contributed by atoms with Crippen molar-refractivity contribution in [3.05, 3.63) is 23.9 Å². The zero-order chi connectivity index (χ0) is 10.3. The summed E-state index contributed by atoms with van der Waals surface area (Å²) in [5.41, 5.74) is 1.44. The quantitative estimate of drug-likeness (QED) is 0.694. The minimum absolute atomic E-state index is 0.116. The molecule has 0 saturated heterocycles. The maximum atomic E-state index is 10.8. The highest BCUT2D eigenvalue weighted by molar-refractivity contribution is 7.85. The highest BCUT2D eigenvalue weighted by Crippen LogP contribution is 2.19. The average molecular weight is 212 g/mol. The first-order valence-corrected chi connectivity index (χ1v) is 5.35. The van der Waals surface area contributed by atoms with Crippen molar-refractivity contribution in [3.8, 4) is 0 Å². The zero-order valence-corrected chi connectivity index (χ0v) is 8.17. The van der Waals surface area contributed by atoms with Crippen LogP contribution >= 0.6 is 0 Å². The third kappa shape index (κ3) is 1.38. The molecule has 0 saturated carbocycles. The van der Waals surface area contributed by atoms with E-state index in [0.717, 1.165) is 5.69 Å². The predicted octanol–water partition coefficient (Wildman–Crippen LogP) is 1.12. The summed E-state index contributed by atoms with van der Waals surface area (Å²) in [5.74, 6) is 0. The highest BCUT2D eigenvalue weighted by atomic mass is 32.2. The fraction of sp³-hybridized carbons (Fsp3) is 0.125. The van der Waals surface area contributed by atoms with Gasteiger partial charge in [0.2, 0.25) is 0 Å². The standard InChI is InChI=1S/C8H8N2O3S/c1-5-7-4-6(14(11,12)13)2-3-8(7)10-9-5/h2-4H,1H3,(H,9,10)(H,11,12,13). The Labute approximate surface area is 80.5 Å². The van der Waals surface area contributed by atoms with E-state index in [9.17, 15) is 8.42 Å². The molecule has 0 aliphatic rings. The van der Waals surface area contributed by atoms with Crippen LogP contribution in [0.1, 0.15) is 5.69 Å². The highest BCUT2D eigenvalue weighted by Gasteiger charge is 2.11. The summed E-state index contributed by atoms with van der Waals surface area (Å²) in [4.78, 5) is -0.116. The third-order valence-electron chi connectivity index (χ3n) is 2.01. The van der Waals surface area contributed by atoms with Crippen molar-refractivity contribution >= 4 is 21.0 Å². The summed E-state index contributed by atoms with van der Waals surface area (Å²) in [7, 11) is -4.13. The Balaban J connectivity index is 2.79. The zero-order valence-electron chi connectivity index (χ0n) is 7.35. The molecule has 1 aromatic carbocycles. The summed E-state index contributed by atoms with van der Waals surface area (Å²) in [6.45, 7) is 1.78. The molecule has 0 radical (unpaired) electrons. The number of rotatable bonds is 1. The summed E-state index contributed by atoms with van der Waals surface area (Å²) >= 11 is 0. The molecule has 74 valence electrons. The summed E-state index contributed by atoms with van der Waals surface area (Å²) in [6.07, 6.45) is 0. The van der Waals surface area contributed by atoms with E-state index in [1.54, 1.807) is 13.0 Å². The second-order valence-corrected chi connectivity index (χ2v) is 4.42. The normalized spacial score (nSPS) is 12.1. The van der Waals surface area contributed by atoms with Gasteiger partial charge in [-0.3, -0.25) is 9.65 Å². The summed E-state index contributed by atoms with van der Waals surface area (Å²) < 4.78 is 30.5. The maximum Gasteiger partial charge on any atom is 0.294 e. The molecule has 0 bridgehead atoms. The Morgan fingerprint density at radius 1 is 1.43 bits per heavy atom. The number of aryl methyl sites for hydroxylation is 1. The molecule has 2 N–H and O–H groups in total. The molecule has 0 atom stereocenters. The summed E-state index contributed by atoms with van der Waals surface area (Å²) in [6, 6.07) is 4.25. The van der Waals surface area contributed by atoms with Gasteiger partial charge in [0.05, 0.1) is 10.4 Å². The van der Waals surface area contributed by atoms with Gasteiger partial charge in [0, 0.05) is 11.1 Å². The van der Waals surface area contributed by atoms with Crippen molar-refractivity contribution in [2.45, 2.75) is 11.8 Å². The molecule has 0 fully saturated rings. The van der Waals surface area contributed by atoms with Gasteiger partial charge in [0.1, 0.15) is 0 Å². The molecule has 0 amide bonds. The fourth-order valence-electron chi connectivity index (χ4n) is 1.28. The van der Waals surface area contributed by atoms with E-state index in [2.05, 4.69) is 10.2 Å². The van der Waals surface area contributed by atoms with Crippen LogP contribution in [0.3, 0.4) is 0 Å². The molecule has 0 aliphatic carbocycles. The van der Waals surface area contributed by atoms with Crippen LogP contribution in [0.4, 0.5) is 0 Å². The first-order valence-electron chi connectivity index (χ1n) is 3.91. The molecular weight excluding hydrogens is 204 g/mol. The van der Waals surface area contributed by atoms with Crippen molar-refractivity contribution in [1.82, 2.24) is 10.2 Å². The van der Waals surface area contributed by atoms with Crippen LogP contribution in [-0.4, -0.2) is 23.2 Å². The van der Waals surface area contributed by atoms with Crippen LogP contribution in [0, 0.1) is 6.92 Å². The average Bonchev–Trinajstić information content (AvgIpc) is 2.46. The Bertz CT molecular complexity index is 586. The fourth-order valence-corrected chi connectivity index (χ4v) is 1.78. The minimum atomic E-state index is -4.13. The van der Waals surface area contributed by atoms with Gasteiger partial charge in [-0.1, -0.05) is 0 Å². The van der Waals surface area contributed by atoms with E-state index < -0.39 is 10.1 Å². The van der Waals surface area contributed by atoms with E-state index in [4.69, 9.17) is 4.55 Å². The van der Waals surface area contributed by atoms with Gasteiger partial charge < -0.3 is 0 Å². The van der Waals surface area contributed by atoms with Crippen molar-refractivity contribution in [2.75, 3.05) is 0 Å². The van der Waals surface area contributed by atoms with E-state index in [1.807, 2.05) is 0 Å². The van der Waals surface area contributed by atoms with Gasteiger partial charge >= 0.3 is 0 Å². The number of aromatic nitrogens is 2. The molecule has 1 aromatic heterocycles. The van der Waals surface area contributed by atoms with Gasteiger partial charge in [0.25, 0.3) is 10.1 Å². The van der Waals surface area contributed by atoms with Crippen LogP contribution in [0.15, 0.2) is 23.1 Å². The molecule has 0 aliphatic heterocycles. The monoisotopic (exact) mass is 212 g/mol. The van der Waals surface area contributed by atoms with Crippen LogP contribution in [0.25, 0.3) is 10.9 Å². The lowest BCUT2D eigenvalue weighted by Crippen LogP contribution is -1.97. The number of fused-ring (bicyclic) bond motifs is 1. The molecule has 1 heterocycles. The molecule has 14 heavy (non-hydrogen) atoms. The van der Waals surface area contributed by atoms with Gasteiger partial charge in [-0.05, 0) is 25.1 Å². The molecule has 5 nitrogen and oxygen atoms in total. The largest absolute Gasteiger partial charge is 0.294 e. The van der Waals surface area contributed by atoms with Crippen LogP contribution in [0.2, 0.25) is 0 Å². The second kappa shape index (κ2) is 2.79. The molecule has 0 spiro atoms. The Hall–Kier alpha value is -1.40. The topological polar surface area (TPSA) is 83.0 Å². The number of aromatic amines is 1. The SMILES string of the molecule is Cc1[nH]nc2ccc(S(=O)(=O)O)cc12. The number of benzene rings is 1.